The number of aliphatic hydroxyl groups is 7. The third kappa shape index (κ3) is 25.0. The first-order chi connectivity index (χ1) is 31.0. The zero-order valence-electron chi connectivity index (χ0n) is 39.0. The van der Waals surface area contributed by atoms with Gasteiger partial charge >= 0.3 is 11.9 Å². The third-order valence-corrected chi connectivity index (χ3v) is 11.6. The van der Waals surface area contributed by atoms with Crippen molar-refractivity contribution >= 4 is 11.9 Å². The van der Waals surface area contributed by atoms with Crippen LogP contribution >= 0.6 is 0 Å². The molecule has 0 amide bonds. The van der Waals surface area contributed by atoms with Gasteiger partial charge in [0.15, 0.2) is 18.7 Å². The lowest BCUT2D eigenvalue weighted by Crippen LogP contribution is -2.61. The molecule has 0 saturated carbocycles. The minimum Gasteiger partial charge on any atom is -0.462 e. The molecule has 2 fully saturated rings. The van der Waals surface area contributed by atoms with Crippen molar-refractivity contribution in [1.29, 1.82) is 0 Å². The summed E-state index contributed by atoms with van der Waals surface area (Å²) in [5, 5.41) is 72.0. The summed E-state index contributed by atoms with van der Waals surface area (Å²) in [7, 11) is 0. The van der Waals surface area contributed by atoms with Gasteiger partial charge in [-0.25, -0.2) is 0 Å². The number of hydrogen-bond acceptors (Lipinski definition) is 15. The van der Waals surface area contributed by atoms with E-state index < -0.39 is 92.7 Å². The molecule has 15 heteroatoms. The van der Waals surface area contributed by atoms with Crippen LogP contribution in [0.4, 0.5) is 0 Å². The number of carbonyl (C=O) groups excluding carboxylic acids is 2. The Morgan fingerprint density at radius 3 is 1.55 bits per heavy atom. The minimum atomic E-state index is -1.77. The van der Waals surface area contributed by atoms with E-state index in [-0.39, 0.29) is 26.1 Å². The van der Waals surface area contributed by atoms with Gasteiger partial charge in [0.1, 0.15) is 55.4 Å². The molecule has 0 unspecified atom stereocenters. The summed E-state index contributed by atoms with van der Waals surface area (Å²) in [4.78, 5) is 25.7. The molecule has 2 saturated heterocycles. The fourth-order valence-corrected chi connectivity index (χ4v) is 7.58. The number of hydrogen-bond donors (Lipinski definition) is 7. The van der Waals surface area contributed by atoms with Gasteiger partial charge in [0, 0.05) is 12.8 Å². The second kappa shape index (κ2) is 36.8. The van der Waals surface area contributed by atoms with E-state index in [9.17, 15) is 45.3 Å². The lowest BCUT2D eigenvalue weighted by molar-refractivity contribution is -0.332. The molecule has 0 spiro atoms. The second-order valence-corrected chi connectivity index (χ2v) is 17.3. The van der Waals surface area contributed by atoms with Gasteiger partial charge in [0.05, 0.1) is 19.8 Å². The van der Waals surface area contributed by atoms with E-state index in [1.165, 1.54) is 57.8 Å². The predicted octanol–water partition coefficient (Wildman–Crippen LogP) is 6.15. The van der Waals surface area contributed by atoms with Crippen LogP contribution in [-0.2, 0) is 38.0 Å². The van der Waals surface area contributed by atoms with Crippen molar-refractivity contribution in [3.8, 4) is 0 Å². The zero-order chi connectivity index (χ0) is 46.8. The van der Waals surface area contributed by atoms with Crippen molar-refractivity contribution in [2.45, 2.75) is 235 Å². The van der Waals surface area contributed by atoms with E-state index in [1.54, 1.807) is 0 Å². The smallest absolute Gasteiger partial charge is 0.306 e. The molecule has 0 aromatic heterocycles. The van der Waals surface area contributed by atoms with E-state index in [2.05, 4.69) is 50.3 Å². The molecule has 0 aromatic rings. The lowest BCUT2D eigenvalue weighted by Gasteiger charge is -2.42. The molecule has 2 heterocycles. The van der Waals surface area contributed by atoms with Crippen molar-refractivity contribution < 1.29 is 73.8 Å². The summed E-state index contributed by atoms with van der Waals surface area (Å²) < 4.78 is 33.5. The highest BCUT2D eigenvalue weighted by molar-refractivity contribution is 5.70. The molecular weight excluding hydrogens is 829 g/mol. The van der Waals surface area contributed by atoms with E-state index in [1.807, 2.05) is 0 Å². The highest BCUT2D eigenvalue weighted by Gasteiger charge is 2.47. The monoisotopic (exact) mass is 915 g/mol. The second-order valence-electron chi connectivity index (χ2n) is 17.3. The Hall–Kier alpha value is -2.28. The molecule has 15 nitrogen and oxygen atoms in total. The molecule has 0 bridgehead atoms. The molecule has 2 rings (SSSR count). The van der Waals surface area contributed by atoms with Crippen molar-refractivity contribution in [2.75, 3.05) is 26.4 Å². The Bertz CT molecular complexity index is 1260. The Morgan fingerprint density at radius 1 is 0.516 bits per heavy atom. The molecule has 0 aromatic carbocycles. The fraction of sp³-hybridized carbons (Fsp3) is 0.837. The maximum atomic E-state index is 13.0. The van der Waals surface area contributed by atoms with Crippen LogP contribution in [0.5, 0.6) is 0 Å². The average Bonchev–Trinajstić information content (AvgIpc) is 3.29. The molecule has 2 aliphatic heterocycles. The van der Waals surface area contributed by atoms with Crippen molar-refractivity contribution in [3.63, 3.8) is 0 Å². The molecular formula is C49H86O15. The van der Waals surface area contributed by atoms with Crippen LogP contribution in [0.25, 0.3) is 0 Å². The highest BCUT2D eigenvalue weighted by atomic mass is 16.7. The largest absolute Gasteiger partial charge is 0.462 e. The van der Waals surface area contributed by atoms with Gasteiger partial charge in [-0.1, -0.05) is 147 Å². The molecule has 0 aliphatic carbocycles. The highest BCUT2D eigenvalue weighted by Crippen LogP contribution is 2.26. The molecule has 64 heavy (non-hydrogen) atoms. The Labute approximate surface area is 383 Å². The van der Waals surface area contributed by atoms with Crippen molar-refractivity contribution in [2.24, 2.45) is 0 Å². The number of allylic oxidation sites excluding steroid dienone is 6. The van der Waals surface area contributed by atoms with E-state index >= 15 is 0 Å². The first-order valence-corrected chi connectivity index (χ1v) is 24.6. The quantitative estimate of drug-likeness (QED) is 0.0211. The summed E-state index contributed by atoms with van der Waals surface area (Å²) in [6, 6.07) is 0. The normalized spacial score (nSPS) is 26.9. The van der Waals surface area contributed by atoms with Crippen LogP contribution in [0, 0.1) is 0 Å². The number of aliphatic hydroxyl groups excluding tert-OH is 7. The Kier molecular flexibility index (Phi) is 33.3. The number of carbonyl (C=O) groups is 2. The van der Waals surface area contributed by atoms with E-state index in [0.29, 0.717) is 12.8 Å². The minimum absolute atomic E-state index is 0.164. The average molecular weight is 915 g/mol. The van der Waals surface area contributed by atoms with Crippen LogP contribution in [0.2, 0.25) is 0 Å². The first-order valence-electron chi connectivity index (χ1n) is 24.6. The van der Waals surface area contributed by atoms with Gasteiger partial charge in [-0.3, -0.25) is 9.59 Å². The van der Waals surface area contributed by atoms with Gasteiger partial charge in [0.25, 0.3) is 0 Å². The van der Waals surface area contributed by atoms with E-state index in [4.69, 9.17) is 28.4 Å². The van der Waals surface area contributed by atoms with Gasteiger partial charge in [-0.05, 0) is 44.9 Å². The summed E-state index contributed by atoms with van der Waals surface area (Å²) >= 11 is 0. The van der Waals surface area contributed by atoms with Crippen molar-refractivity contribution in [3.05, 3.63) is 36.5 Å². The summed E-state index contributed by atoms with van der Waals surface area (Å²) in [5.41, 5.74) is 0. The maximum absolute atomic E-state index is 13.0. The number of unbranched alkanes of at least 4 members (excludes halogenated alkanes) is 17. The van der Waals surface area contributed by atoms with Crippen molar-refractivity contribution in [1.82, 2.24) is 0 Å². The molecule has 7 N–H and O–H groups in total. The first kappa shape index (κ1) is 57.8. The summed E-state index contributed by atoms with van der Waals surface area (Å²) in [6.07, 6.45) is 20.3. The van der Waals surface area contributed by atoms with Crippen LogP contribution < -0.4 is 0 Å². The van der Waals surface area contributed by atoms with Crippen LogP contribution in [0.15, 0.2) is 36.5 Å². The summed E-state index contributed by atoms with van der Waals surface area (Å²) in [5.74, 6) is -0.943. The van der Waals surface area contributed by atoms with Gasteiger partial charge in [-0.15, -0.1) is 0 Å². The number of rotatable bonds is 37. The van der Waals surface area contributed by atoms with Crippen LogP contribution in [0.1, 0.15) is 168 Å². The van der Waals surface area contributed by atoms with E-state index in [0.717, 1.165) is 70.6 Å². The van der Waals surface area contributed by atoms with Gasteiger partial charge in [-0.2, -0.15) is 0 Å². The number of ether oxygens (including phenoxy) is 6. The third-order valence-electron chi connectivity index (χ3n) is 11.6. The number of esters is 2. The summed E-state index contributed by atoms with van der Waals surface area (Å²) in [6.45, 7) is 2.45. The Morgan fingerprint density at radius 2 is 0.984 bits per heavy atom. The molecule has 11 atom stereocenters. The van der Waals surface area contributed by atoms with Crippen LogP contribution in [-0.4, -0.2) is 142 Å². The topological polar surface area (TPSA) is 231 Å². The maximum Gasteiger partial charge on any atom is 0.306 e. The molecule has 372 valence electrons. The zero-order valence-corrected chi connectivity index (χ0v) is 39.0. The SMILES string of the molecule is CC/C=C\C/C=C\C/C=C\CCCCCCCC(=O)OC[C@@H](CO[C@H]1O[C@@H](CO[C@@H]2O[C@H](CO)[C@H](O)[C@@H](O)[C@@H]2O)[C@H](O)[C@@H](O)[C@@H]1O)OC(=O)CCCCCCCCCCCCCCC. The lowest BCUT2D eigenvalue weighted by atomic mass is 9.98. The van der Waals surface area contributed by atoms with Gasteiger partial charge < -0.3 is 64.2 Å². The van der Waals surface area contributed by atoms with Gasteiger partial charge in [0.2, 0.25) is 0 Å². The predicted molar refractivity (Wildman–Crippen MR) is 243 cm³/mol. The van der Waals surface area contributed by atoms with Crippen LogP contribution in [0.3, 0.4) is 0 Å². The Balaban J connectivity index is 1.83. The standard InChI is InChI=1S/C49H86O15/c1-3-5-7-9-11-13-15-17-18-20-21-23-25-27-29-31-40(51)59-34-37(62-41(52)32-30-28-26-24-22-19-16-14-12-10-8-6-4-2)35-60-48-47(58)45(56)43(54)39(64-48)36-61-49-46(57)44(55)42(53)38(33-50)63-49/h5,7,11,13,17-18,37-39,42-50,53-58H,3-4,6,8-10,12,14-16,19-36H2,1-2H3/b7-5-,13-11-,18-17-/t37-,38+,39-,42-,43-,44+,45+,46-,47-,48-,49+/m0/s1. The molecule has 0 radical (unpaired) electrons. The fourth-order valence-electron chi connectivity index (χ4n) is 7.58. The molecule has 2 aliphatic rings.